The lowest BCUT2D eigenvalue weighted by molar-refractivity contribution is -0.147. The summed E-state index contributed by atoms with van der Waals surface area (Å²) < 4.78 is 48.7. The summed E-state index contributed by atoms with van der Waals surface area (Å²) >= 11 is 0. The monoisotopic (exact) mass is 839 g/mol. The van der Waals surface area contributed by atoms with Crippen molar-refractivity contribution in [2.45, 2.75) is 102 Å². The summed E-state index contributed by atoms with van der Waals surface area (Å²) in [5.74, 6) is -3.19. The Balaban J connectivity index is 1.37. The minimum atomic E-state index is -3.05. The van der Waals surface area contributed by atoms with Crippen LogP contribution in [0, 0.1) is 0 Å². The Morgan fingerprint density at radius 1 is 0.850 bits per heavy atom. The van der Waals surface area contributed by atoms with E-state index in [9.17, 15) is 18.4 Å². The quantitative estimate of drug-likeness (QED) is 0.125. The molecule has 1 N–H and O–H groups in total. The zero-order valence-electron chi connectivity index (χ0n) is 35.6. The number of aromatic nitrogens is 3. The zero-order valence-corrected chi connectivity index (χ0v) is 36.6. The molecular weight excluding hydrogens is 785 g/mol. The Hall–Kier alpha value is -5.47. The van der Waals surface area contributed by atoms with E-state index in [0.717, 1.165) is 15.1 Å². The van der Waals surface area contributed by atoms with Gasteiger partial charge in [0.15, 0.2) is 0 Å². The molecule has 0 spiro atoms. The van der Waals surface area contributed by atoms with Crippen LogP contribution in [0.5, 0.6) is 5.75 Å². The summed E-state index contributed by atoms with van der Waals surface area (Å²) in [5, 5.41) is 8.82. The number of nitrogens with zero attached hydrogens (tertiary/aromatic N) is 4. The minimum Gasteiger partial charge on any atom is -0.497 e. The number of hydrogen-bond acceptors (Lipinski definition) is 8. The molecule has 1 saturated carbocycles. The van der Waals surface area contributed by atoms with Gasteiger partial charge >= 0.3 is 6.09 Å². The average Bonchev–Trinajstić information content (AvgIpc) is 3.64. The van der Waals surface area contributed by atoms with Gasteiger partial charge in [0.2, 0.25) is 17.7 Å². The number of anilines is 1. The first-order chi connectivity index (χ1) is 28.3. The highest BCUT2D eigenvalue weighted by Gasteiger charge is 2.52. The van der Waals surface area contributed by atoms with Crippen molar-refractivity contribution in [2.75, 3.05) is 26.1 Å². The van der Waals surface area contributed by atoms with Gasteiger partial charge in [-0.25, -0.2) is 18.6 Å². The van der Waals surface area contributed by atoms with Gasteiger partial charge in [-0.3, -0.25) is 9.59 Å². The van der Waals surface area contributed by atoms with Crippen LogP contribution >= 0.6 is 0 Å². The lowest BCUT2D eigenvalue weighted by Crippen LogP contribution is -2.66. The maximum Gasteiger partial charge on any atom is 0.435 e. The van der Waals surface area contributed by atoms with Crippen LogP contribution in [0.2, 0.25) is 5.04 Å². The topological polar surface area (TPSA) is 125 Å². The molecule has 2 amide bonds. The molecule has 5 aromatic rings. The van der Waals surface area contributed by atoms with Crippen molar-refractivity contribution < 1.29 is 37.1 Å². The van der Waals surface area contributed by atoms with Gasteiger partial charge in [0.05, 0.1) is 24.2 Å². The summed E-state index contributed by atoms with van der Waals surface area (Å²) in [6, 6.07) is 29.1. The van der Waals surface area contributed by atoms with Crippen molar-refractivity contribution in [1.29, 1.82) is 0 Å². The second-order valence-corrected chi connectivity index (χ2v) is 21.8. The number of rotatable bonds is 12. The Morgan fingerprint density at radius 2 is 1.43 bits per heavy atom. The number of fused-ring (bicyclic) bond motifs is 1. The lowest BCUT2D eigenvalue weighted by atomic mass is 9.67. The van der Waals surface area contributed by atoms with Gasteiger partial charge in [0.1, 0.15) is 28.7 Å². The number of carbonyl (C=O) groups excluding carboxylic acids is 3. The summed E-state index contributed by atoms with van der Waals surface area (Å²) in [6.45, 7) is 11.8. The number of hydrogen-bond donors (Lipinski definition) is 1. The Morgan fingerprint density at radius 3 is 1.97 bits per heavy atom. The molecule has 318 valence electrons. The van der Waals surface area contributed by atoms with Gasteiger partial charge in [-0.05, 0) is 85.3 Å². The van der Waals surface area contributed by atoms with E-state index in [4.69, 9.17) is 13.9 Å². The summed E-state index contributed by atoms with van der Waals surface area (Å²) in [4.78, 5) is 48.5. The predicted octanol–water partition coefficient (Wildman–Crippen LogP) is 8.10. The molecule has 2 heterocycles. The molecule has 0 aliphatic heterocycles. The molecule has 1 aliphatic rings. The number of nitrogens with one attached hydrogen (secondary N) is 1. The van der Waals surface area contributed by atoms with Crippen molar-refractivity contribution in [2.24, 2.45) is 0 Å². The van der Waals surface area contributed by atoms with Gasteiger partial charge in [-0.2, -0.15) is 9.78 Å². The van der Waals surface area contributed by atoms with Gasteiger partial charge in [-0.15, -0.1) is 0 Å². The predicted molar refractivity (Wildman–Crippen MR) is 231 cm³/mol. The molecule has 60 heavy (non-hydrogen) atoms. The van der Waals surface area contributed by atoms with Gasteiger partial charge in [0, 0.05) is 26.5 Å². The Labute approximate surface area is 351 Å². The Kier molecular flexibility index (Phi) is 12.7. The molecule has 0 radical (unpaired) electrons. The van der Waals surface area contributed by atoms with Crippen molar-refractivity contribution in [1.82, 2.24) is 19.7 Å². The molecule has 3 aromatic carbocycles. The minimum absolute atomic E-state index is 0.0756. The molecule has 1 aliphatic carbocycles. The molecule has 0 bridgehead atoms. The molecule has 0 saturated heterocycles. The first-order valence-corrected chi connectivity index (χ1v) is 22.1. The fraction of sp³-hybridized carbons (Fsp3) is 0.413. The highest BCUT2D eigenvalue weighted by molar-refractivity contribution is 6.99. The molecular formula is C46H55F2N5O6Si. The van der Waals surface area contributed by atoms with Gasteiger partial charge < -0.3 is 24.1 Å². The second-order valence-electron chi connectivity index (χ2n) is 17.5. The number of benzene rings is 3. The third kappa shape index (κ3) is 9.14. The molecule has 1 atom stereocenters. The molecule has 0 unspecified atom stereocenters. The highest BCUT2D eigenvalue weighted by Crippen LogP contribution is 2.47. The van der Waals surface area contributed by atoms with Gasteiger partial charge in [-0.1, -0.05) is 93.6 Å². The summed E-state index contributed by atoms with van der Waals surface area (Å²) in [5.41, 5.74) is -0.794. The van der Waals surface area contributed by atoms with Crippen LogP contribution < -0.4 is 20.4 Å². The van der Waals surface area contributed by atoms with Crippen LogP contribution in [0.4, 0.5) is 19.4 Å². The van der Waals surface area contributed by atoms with E-state index >= 15 is 4.79 Å². The number of methoxy groups -OCH3 is 1. The van der Waals surface area contributed by atoms with Gasteiger partial charge in [0.25, 0.3) is 8.32 Å². The van der Waals surface area contributed by atoms with Crippen molar-refractivity contribution in [3.05, 3.63) is 109 Å². The third-order valence-electron chi connectivity index (χ3n) is 11.3. The fourth-order valence-corrected chi connectivity index (χ4v) is 12.9. The lowest BCUT2D eigenvalue weighted by Gasteiger charge is -2.44. The summed E-state index contributed by atoms with van der Waals surface area (Å²) in [7, 11) is 0.0266. The number of halogens is 2. The average molecular weight is 840 g/mol. The molecule has 2 aromatic heterocycles. The van der Waals surface area contributed by atoms with E-state index in [-0.39, 0.29) is 36.7 Å². The molecule has 14 heteroatoms. The van der Waals surface area contributed by atoms with E-state index in [2.05, 4.69) is 60.4 Å². The van der Waals surface area contributed by atoms with E-state index < -0.39 is 62.0 Å². The molecule has 11 nitrogen and oxygen atoms in total. The third-order valence-corrected chi connectivity index (χ3v) is 16.4. The SMILES string of the molecule is COc1ccc(C2(C(=O)N(C)[C@H](CCO[Si](c3ccccc3)(c3ccccc3)C(C)(C)C)C(=O)Nc3ccc4c(cnn4C(=O)OC(C)(C)C)n3)CCC(F)(F)CC2)cc1. The van der Waals surface area contributed by atoms with E-state index in [1.165, 1.54) is 18.2 Å². The zero-order chi connectivity index (χ0) is 43.5. The van der Waals surface area contributed by atoms with E-state index in [1.54, 1.807) is 64.2 Å². The van der Waals surface area contributed by atoms with Crippen LogP contribution in [-0.2, 0) is 24.2 Å². The van der Waals surface area contributed by atoms with Crippen molar-refractivity contribution in [3.8, 4) is 5.75 Å². The number of amides is 2. The van der Waals surface area contributed by atoms with Crippen LogP contribution in [0.1, 0.15) is 79.2 Å². The van der Waals surface area contributed by atoms with Crippen molar-refractivity contribution >= 4 is 53.4 Å². The largest absolute Gasteiger partial charge is 0.497 e. The number of ether oxygens (including phenoxy) is 2. The maximum atomic E-state index is 15.1. The molecule has 1 fully saturated rings. The first kappa shape index (κ1) is 44.1. The van der Waals surface area contributed by atoms with E-state index in [0.29, 0.717) is 22.3 Å². The number of likely N-dealkylation sites (N-methyl/N-ethyl adjacent to an activating group) is 1. The van der Waals surface area contributed by atoms with E-state index in [1.807, 2.05) is 36.4 Å². The molecule has 6 rings (SSSR count). The maximum absolute atomic E-state index is 15.1. The smallest absolute Gasteiger partial charge is 0.435 e. The number of alkyl halides is 2. The summed E-state index contributed by atoms with van der Waals surface area (Å²) in [6.07, 6.45) is -0.377. The standard InChI is InChI=1S/C46H55F2N5O6Si/c1-43(2,3)59-42(56)53-37-23-24-39(50-36(37)31-49-53)51-40(54)38(25-30-58-60(44(4,5)6,34-15-11-9-12-16-34)35-17-13-10-14-18-35)52(7)41(55)45(26-28-46(47,48)29-27-45)32-19-21-33(57-8)22-20-32/h9-24,31,38H,25-30H2,1-8H3,(H,50,51,54)/t38-/m1/s1. The fourth-order valence-electron chi connectivity index (χ4n) is 8.29. The van der Waals surface area contributed by atoms with Crippen LogP contribution in [0.25, 0.3) is 11.0 Å². The number of carbonyl (C=O) groups is 3. The van der Waals surface area contributed by atoms with Crippen LogP contribution in [-0.4, -0.2) is 84.2 Å². The second kappa shape index (κ2) is 17.3. The van der Waals surface area contributed by atoms with Crippen molar-refractivity contribution in [3.63, 3.8) is 0 Å². The van der Waals surface area contributed by atoms with Crippen LogP contribution in [0.15, 0.2) is 103 Å². The van der Waals surface area contributed by atoms with Crippen LogP contribution in [0.3, 0.4) is 0 Å². The highest BCUT2D eigenvalue weighted by atomic mass is 28.4. The Bertz CT molecular complexity index is 2240. The normalized spacial score (nSPS) is 15.8. The number of pyridine rings is 1. The first-order valence-electron chi connectivity index (χ1n) is 20.2.